The Kier molecular flexibility index (Phi) is 4.00. The molecule has 2 aromatic rings. The number of aromatic nitrogens is 1. The number of carbonyl (C=O) groups is 2. The van der Waals surface area contributed by atoms with E-state index in [1.54, 1.807) is 12.4 Å². The Morgan fingerprint density at radius 1 is 1.31 bits per heavy atom. The molecule has 3 heterocycles. The number of hydrogen-bond acceptors (Lipinski definition) is 4. The standard InChI is InChI=1S/C20H22N4O2/c1-23(2)13-17(25)24-11-9-20(18(24)14-6-5-10-21-12-14)15-7-3-4-8-16(15)22-19(20)26/h3-8,10,12,18H,9,11,13H2,1-2H3,(H,22,26). The topological polar surface area (TPSA) is 65.5 Å². The van der Waals surface area contributed by atoms with Crippen molar-refractivity contribution < 1.29 is 9.59 Å². The molecule has 26 heavy (non-hydrogen) atoms. The van der Waals surface area contributed by atoms with Gasteiger partial charge in [-0.3, -0.25) is 14.6 Å². The Hall–Kier alpha value is -2.73. The van der Waals surface area contributed by atoms with Crippen LogP contribution in [-0.4, -0.2) is 53.8 Å². The van der Waals surface area contributed by atoms with Crippen molar-refractivity contribution in [1.82, 2.24) is 14.8 Å². The van der Waals surface area contributed by atoms with Gasteiger partial charge in [-0.2, -0.15) is 0 Å². The molecular formula is C20H22N4O2. The number of anilines is 1. The highest BCUT2D eigenvalue weighted by Crippen LogP contribution is 2.54. The zero-order valence-electron chi connectivity index (χ0n) is 15.0. The van der Waals surface area contributed by atoms with Gasteiger partial charge in [0.2, 0.25) is 11.8 Å². The lowest BCUT2D eigenvalue weighted by molar-refractivity contribution is -0.134. The molecule has 0 radical (unpaired) electrons. The monoisotopic (exact) mass is 350 g/mol. The maximum absolute atomic E-state index is 13.1. The summed E-state index contributed by atoms with van der Waals surface area (Å²) >= 11 is 0. The van der Waals surface area contributed by atoms with Crippen LogP contribution in [0.25, 0.3) is 0 Å². The first kappa shape index (κ1) is 16.7. The Morgan fingerprint density at radius 2 is 2.12 bits per heavy atom. The average Bonchev–Trinajstić information content (AvgIpc) is 3.16. The first-order valence-corrected chi connectivity index (χ1v) is 8.79. The minimum Gasteiger partial charge on any atom is -0.333 e. The predicted octanol–water partition coefficient (Wildman–Crippen LogP) is 1.81. The van der Waals surface area contributed by atoms with Crippen molar-refractivity contribution in [2.75, 3.05) is 32.5 Å². The minimum absolute atomic E-state index is 0.0258. The van der Waals surface area contributed by atoms with Gasteiger partial charge in [0.25, 0.3) is 0 Å². The van der Waals surface area contributed by atoms with Crippen molar-refractivity contribution >= 4 is 17.5 Å². The van der Waals surface area contributed by atoms with Crippen LogP contribution in [0.1, 0.15) is 23.6 Å². The summed E-state index contributed by atoms with van der Waals surface area (Å²) in [6.45, 7) is 0.865. The van der Waals surface area contributed by atoms with Gasteiger partial charge in [0.05, 0.1) is 12.6 Å². The second-order valence-corrected chi connectivity index (χ2v) is 7.23. The molecule has 2 aliphatic heterocycles. The maximum atomic E-state index is 13.1. The molecular weight excluding hydrogens is 328 g/mol. The first-order valence-electron chi connectivity index (χ1n) is 8.79. The molecule has 2 aliphatic rings. The molecule has 6 heteroatoms. The van der Waals surface area contributed by atoms with E-state index in [1.807, 2.05) is 60.3 Å². The van der Waals surface area contributed by atoms with Gasteiger partial charge in [-0.1, -0.05) is 24.3 Å². The molecule has 0 bridgehead atoms. The van der Waals surface area contributed by atoms with Crippen molar-refractivity contribution in [1.29, 1.82) is 0 Å². The van der Waals surface area contributed by atoms with Gasteiger partial charge < -0.3 is 15.1 Å². The number of carbonyl (C=O) groups excluding carboxylic acids is 2. The molecule has 1 aromatic heterocycles. The first-order chi connectivity index (χ1) is 12.5. The summed E-state index contributed by atoms with van der Waals surface area (Å²) in [6.07, 6.45) is 4.08. The largest absolute Gasteiger partial charge is 0.333 e. The fourth-order valence-corrected chi connectivity index (χ4v) is 4.32. The summed E-state index contributed by atoms with van der Waals surface area (Å²) < 4.78 is 0. The second kappa shape index (κ2) is 6.21. The van der Waals surface area contributed by atoms with Gasteiger partial charge >= 0.3 is 0 Å². The predicted molar refractivity (Wildman–Crippen MR) is 98.6 cm³/mol. The number of pyridine rings is 1. The maximum Gasteiger partial charge on any atom is 0.237 e. The van der Waals surface area contributed by atoms with E-state index in [0.717, 1.165) is 16.8 Å². The van der Waals surface area contributed by atoms with Crippen LogP contribution in [-0.2, 0) is 15.0 Å². The van der Waals surface area contributed by atoms with E-state index in [9.17, 15) is 9.59 Å². The number of nitrogens with one attached hydrogen (secondary N) is 1. The Labute approximate surface area is 152 Å². The molecule has 1 spiro atoms. The molecule has 2 amide bonds. The molecule has 134 valence electrons. The van der Waals surface area contributed by atoms with Crippen LogP contribution in [0.4, 0.5) is 5.69 Å². The van der Waals surface area contributed by atoms with Gasteiger partial charge in [-0.05, 0) is 43.8 Å². The molecule has 0 aliphatic carbocycles. The van der Waals surface area contributed by atoms with E-state index < -0.39 is 5.41 Å². The summed E-state index contributed by atoms with van der Waals surface area (Å²) in [5.41, 5.74) is 1.94. The van der Waals surface area contributed by atoms with Crippen LogP contribution in [0.15, 0.2) is 48.8 Å². The van der Waals surface area contributed by atoms with Crippen molar-refractivity contribution in [3.05, 3.63) is 59.9 Å². The summed E-state index contributed by atoms with van der Waals surface area (Å²) in [4.78, 5) is 34.0. The summed E-state index contributed by atoms with van der Waals surface area (Å²) in [5.74, 6) is -0.00869. The van der Waals surface area contributed by atoms with Crippen molar-refractivity contribution in [2.24, 2.45) is 0 Å². The smallest absolute Gasteiger partial charge is 0.237 e. The molecule has 6 nitrogen and oxygen atoms in total. The van der Waals surface area contributed by atoms with Gasteiger partial charge in [-0.15, -0.1) is 0 Å². The zero-order valence-corrected chi connectivity index (χ0v) is 15.0. The highest BCUT2D eigenvalue weighted by atomic mass is 16.2. The van der Waals surface area contributed by atoms with E-state index >= 15 is 0 Å². The number of likely N-dealkylation sites (tertiary alicyclic amines) is 1. The second-order valence-electron chi connectivity index (χ2n) is 7.23. The third-order valence-electron chi connectivity index (χ3n) is 5.36. The van der Waals surface area contributed by atoms with Crippen molar-refractivity contribution in [3.63, 3.8) is 0 Å². The molecule has 1 aromatic carbocycles. The number of nitrogens with zero attached hydrogens (tertiary/aromatic N) is 3. The van der Waals surface area contributed by atoms with Crippen molar-refractivity contribution in [2.45, 2.75) is 17.9 Å². The quantitative estimate of drug-likeness (QED) is 0.917. The fourth-order valence-electron chi connectivity index (χ4n) is 4.32. The summed E-state index contributed by atoms with van der Waals surface area (Å²) in [5, 5.41) is 3.02. The summed E-state index contributed by atoms with van der Waals surface area (Å²) in [6, 6.07) is 11.2. The molecule has 1 saturated heterocycles. The Balaban J connectivity index is 1.85. The third-order valence-corrected chi connectivity index (χ3v) is 5.36. The molecule has 4 rings (SSSR count). The van der Waals surface area contributed by atoms with E-state index in [0.29, 0.717) is 19.5 Å². The lowest BCUT2D eigenvalue weighted by Gasteiger charge is -2.34. The van der Waals surface area contributed by atoms with Gasteiger partial charge in [0.15, 0.2) is 0 Å². The van der Waals surface area contributed by atoms with E-state index in [-0.39, 0.29) is 17.9 Å². The Bertz CT molecular complexity index is 852. The molecule has 2 unspecified atom stereocenters. The van der Waals surface area contributed by atoms with Crippen LogP contribution in [0.2, 0.25) is 0 Å². The van der Waals surface area contributed by atoms with Gasteiger partial charge in [0.1, 0.15) is 5.41 Å². The summed E-state index contributed by atoms with van der Waals surface area (Å²) in [7, 11) is 3.75. The lowest BCUT2D eigenvalue weighted by atomic mass is 9.73. The van der Waals surface area contributed by atoms with E-state index in [1.165, 1.54) is 0 Å². The molecule has 0 saturated carbocycles. The van der Waals surface area contributed by atoms with Crippen LogP contribution < -0.4 is 5.32 Å². The van der Waals surface area contributed by atoms with Crippen molar-refractivity contribution in [3.8, 4) is 0 Å². The van der Waals surface area contributed by atoms with Gasteiger partial charge in [-0.25, -0.2) is 0 Å². The zero-order chi connectivity index (χ0) is 18.3. The van der Waals surface area contributed by atoms with Gasteiger partial charge in [0, 0.05) is 24.6 Å². The van der Waals surface area contributed by atoms with E-state index in [4.69, 9.17) is 0 Å². The van der Waals surface area contributed by atoms with Crippen LogP contribution in [0, 0.1) is 0 Å². The third kappa shape index (κ3) is 2.41. The number of para-hydroxylation sites is 1. The molecule has 1 N–H and O–H groups in total. The number of benzene rings is 1. The van der Waals surface area contributed by atoms with Crippen LogP contribution in [0.3, 0.4) is 0 Å². The highest BCUT2D eigenvalue weighted by Gasteiger charge is 2.59. The highest BCUT2D eigenvalue weighted by molar-refractivity contribution is 6.07. The number of fused-ring (bicyclic) bond motifs is 2. The SMILES string of the molecule is CN(C)CC(=O)N1CCC2(C(=O)Nc3ccccc32)C1c1cccnc1. The van der Waals surface area contributed by atoms with E-state index in [2.05, 4.69) is 10.3 Å². The Morgan fingerprint density at radius 3 is 2.85 bits per heavy atom. The number of hydrogen-bond donors (Lipinski definition) is 1. The lowest BCUT2D eigenvalue weighted by Crippen LogP contribution is -2.44. The number of rotatable bonds is 3. The average molecular weight is 350 g/mol. The van der Waals surface area contributed by atoms with Crippen LogP contribution >= 0.6 is 0 Å². The fraction of sp³-hybridized carbons (Fsp3) is 0.350. The number of amides is 2. The molecule has 2 atom stereocenters. The molecule has 1 fully saturated rings. The minimum atomic E-state index is -0.762. The number of likely N-dealkylation sites (N-methyl/N-ethyl adjacent to an activating group) is 1. The van der Waals surface area contributed by atoms with Crippen LogP contribution in [0.5, 0.6) is 0 Å². The normalized spacial score (nSPS) is 24.2.